The molecule has 21 heavy (non-hydrogen) atoms. The maximum absolute atomic E-state index is 12.0. The Morgan fingerprint density at radius 1 is 1.38 bits per heavy atom. The fraction of sp³-hybridized carbons (Fsp3) is 0.286. The molecule has 0 saturated heterocycles. The van der Waals surface area contributed by atoms with Gasteiger partial charge in [0.05, 0.1) is 11.3 Å². The van der Waals surface area contributed by atoms with Crippen molar-refractivity contribution in [1.29, 1.82) is 0 Å². The first kappa shape index (κ1) is 16.8. The standard InChI is InChI=1S/C14H20N4O2S/c1-5-6-17-13(20)11-10(15)9(12(19)16-4)14(21-11)18-7-8(2)3/h5,18H,1-2,6-7,15H2,3-4H3,(H,16,19)(H,17,20). The van der Waals surface area contributed by atoms with Crippen LogP contribution in [0.15, 0.2) is 24.8 Å². The molecule has 0 fully saturated rings. The minimum Gasteiger partial charge on any atom is -0.397 e. The molecule has 0 saturated carbocycles. The molecule has 0 bridgehead atoms. The van der Waals surface area contributed by atoms with Crippen LogP contribution in [0.3, 0.4) is 0 Å². The third-order valence-corrected chi connectivity index (χ3v) is 3.73. The second kappa shape index (κ2) is 7.49. The molecule has 0 aromatic carbocycles. The summed E-state index contributed by atoms with van der Waals surface area (Å²) >= 11 is 1.15. The first-order chi connectivity index (χ1) is 9.92. The summed E-state index contributed by atoms with van der Waals surface area (Å²) in [5, 5.41) is 8.80. The zero-order valence-electron chi connectivity index (χ0n) is 12.2. The van der Waals surface area contributed by atoms with Gasteiger partial charge in [-0.2, -0.15) is 0 Å². The van der Waals surface area contributed by atoms with Crippen LogP contribution in [0.25, 0.3) is 0 Å². The lowest BCUT2D eigenvalue weighted by atomic mass is 10.2. The van der Waals surface area contributed by atoms with Crippen molar-refractivity contribution >= 4 is 33.8 Å². The summed E-state index contributed by atoms with van der Waals surface area (Å²) in [5.74, 6) is -0.665. The summed E-state index contributed by atoms with van der Waals surface area (Å²) in [7, 11) is 1.51. The first-order valence-electron chi connectivity index (χ1n) is 6.34. The molecule has 0 radical (unpaired) electrons. The van der Waals surface area contributed by atoms with Crippen LogP contribution in [-0.2, 0) is 0 Å². The van der Waals surface area contributed by atoms with E-state index in [0.717, 1.165) is 16.9 Å². The van der Waals surface area contributed by atoms with Gasteiger partial charge in [0.2, 0.25) is 0 Å². The molecule has 0 atom stereocenters. The molecule has 5 N–H and O–H groups in total. The Balaban J connectivity index is 3.16. The topological polar surface area (TPSA) is 96.2 Å². The van der Waals surface area contributed by atoms with E-state index in [1.807, 2.05) is 6.92 Å². The summed E-state index contributed by atoms with van der Waals surface area (Å²) < 4.78 is 0. The number of hydrogen-bond acceptors (Lipinski definition) is 5. The second-order valence-electron chi connectivity index (χ2n) is 4.44. The van der Waals surface area contributed by atoms with Gasteiger partial charge < -0.3 is 21.7 Å². The molecule has 0 aliphatic heterocycles. The highest BCUT2D eigenvalue weighted by Gasteiger charge is 2.24. The number of carbonyl (C=O) groups excluding carboxylic acids is 2. The van der Waals surface area contributed by atoms with Crippen molar-refractivity contribution in [2.45, 2.75) is 6.92 Å². The van der Waals surface area contributed by atoms with Gasteiger partial charge in [-0.05, 0) is 6.92 Å². The molecule has 0 aliphatic rings. The number of carbonyl (C=O) groups is 2. The molecule has 0 spiro atoms. The Morgan fingerprint density at radius 2 is 2.05 bits per heavy atom. The van der Waals surface area contributed by atoms with Crippen molar-refractivity contribution in [1.82, 2.24) is 10.6 Å². The molecule has 1 rings (SSSR count). The van der Waals surface area contributed by atoms with E-state index in [2.05, 4.69) is 29.1 Å². The molecule has 6 nitrogen and oxygen atoms in total. The van der Waals surface area contributed by atoms with Crippen LogP contribution < -0.4 is 21.7 Å². The Morgan fingerprint density at radius 3 is 2.57 bits per heavy atom. The maximum atomic E-state index is 12.0. The van der Waals surface area contributed by atoms with E-state index in [4.69, 9.17) is 5.73 Å². The number of rotatable bonds is 7. The molecule has 0 aliphatic carbocycles. The smallest absolute Gasteiger partial charge is 0.263 e. The number of thiophene rings is 1. The van der Waals surface area contributed by atoms with Gasteiger partial charge in [-0.15, -0.1) is 17.9 Å². The van der Waals surface area contributed by atoms with Crippen molar-refractivity contribution in [2.24, 2.45) is 0 Å². The molecule has 114 valence electrons. The van der Waals surface area contributed by atoms with Gasteiger partial charge in [0.1, 0.15) is 9.88 Å². The highest BCUT2D eigenvalue weighted by molar-refractivity contribution is 7.19. The van der Waals surface area contributed by atoms with Crippen molar-refractivity contribution in [2.75, 3.05) is 31.2 Å². The van der Waals surface area contributed by atoms with Crippen molar-refractivity contribution in [3.05, 3.63) is 35.2 Å². The summed E-state index contributed by atoms with van der Waals surface area (Å²) in [6, 6.07) is 0. The van der Waals surface area contributed by atoms with Crippen LogP contribution in [0.4, 0.5) is 10.7 Å². The van der Waals surface area contributed by atoms with E-state index in [0.29, 0.717) is 23.0 Å². The van der Waals surface area contributed by atoms with Gasteiger partial charge in [-0.3, -0.25) is 9.59 Å². The third-order valence-electron chi connectivity index (χ3n) is 2.56. The van der Waals surface area contributed by atoms with E-state index < -0.39 is 0 Å². The first-order valence-corrected chi connectivity index (χ1v) is 7.15. The highest BCUT2D eigenvalue weighted by Crippen LogP contribution is 2.35. The van der Waals surface area contributed by atoms with Crippen LogP contribution in [0.2, 0.25) is 0 Å². The maximum Gasteiger partial charge on any atom is 0.263 e. The van der Waals surface area contributed by atoms with Gasteiger partial charge in [0.25, 0.3) is 11.8 Å². The normalized spacial score (nSPS) is 9.81. The van der Waals surface area contributed by atoms with Crippen molar-refractivity contribution < 1.29 is 9.59 Å². The molecule has 7 heteroatoms. The highest BCUT2D eigenvalue weighted by atomic mass is 32.1. The van der Waals surface area contributed by atoms with Gasteiger partial charge in [0.15, 0.2) is 0 Å². The average molecular weight is 308 g/mol. The van der Waals surface area contributed by atoms with Crippen molar-refractivity contribution in [3.8, 4) is 0 Å². The van der Waals surface area contributed by atoms with Crippen LogP contribution in [-0.4, -0.2) is 32.0 Å². The Bertz CT molecular complexity index is 578. The molecule has 2 amide bonds. The Hall–Kier alpha value is -2.28. The predicted octanol–water partition coefficient (Wildman–Crippen LogP) is 1.59. The summed E-state index contributed by atoms with van der Waals surface area (Å²) in [5.41, 5.74) is 7.32. The monoisotopic (exact) mass is 308 g/mol. The SMILES string of the molecule is C=CCNC(=O)c1sc(NCC(=C)C)c(C(=O)NC)c1N. The third kappa shape index (κ3) is 4.09. The molecular formula is C14H20N4O2S. The van der Waals surface area contributed by atoms with E-state index in [-0.39, 0.29) is 23.1 Å². The van der Waals surface area contributed by atoms with Gasteiger partial charge in [-0.1, -0.05) is 18.2 Å². The van der Waals surface area contributed by atoms with Crippen LogP contribution in [0.5, 0.6) is 0 Å². The van der Waals surface area contributed by atoms with Crippen LogP contribution in [0.1, 0.15) is 27.0 Å². The number of nitrogen functional groups attached to an aromatic ring is 1. The van der Waals surface area contributed by atoms with Crippen molar-refractivity contribution in [3.63, 3.8) is 0 Å². The zero-order valence-corrected chi connectivity index (χ0v) is 13.0. The summed E-state index contributed by atoms with van der Waals surface area (Å²) in [6.45, 7) is 10.0. The van der Waals surface area contributed by atoms with Gasteiger partial charge in [0, 0.05) is 20.1 Å². The fourth-order valence-electron chi connectivity index (χ4n) is 1.56. The minimum absolute atomic E-state index is 0.171. The zero-order chi connectivity index (χ0) is 16.0. The second-order valence-corrected chi connectivity index (χ2v) is 5.46. The quantitative estimate of drug-likeness (QED) is 0.575. The number of amides is 2. The number of anilines is 2. The molecule has 1 aromatic rings. The minimum atomic E-state index is -0.337. The lowest BCUT2D eigenvalue weighted by molar-refractivity contribution is 0.0960. The van der Waals surface area contributed by atoms with Crippen LogP contribution >= 0.6 is 11.3 Å². The van der Waals surface area contributed by atoms with E-state index in [1.54, 1.807) is 6.08 Å². The molecule has 0 unspecified atom stereocenters. The lowest BCUT2D eigenvalue weighted by Gasteiger charge is -2.06. The Labute approximate surface area is 128 Å². The molecule has 1 heterocycles. The lowest BCUT2D eigenvalue weighted by Crippen LogP contribution is -2.24. The fourth-order valence-corrected chi connectivity index (χ4v) is 2.59. The summed E-state index contributed by atoms with van der Waals surface area (Å²) in [6.07, 6.45) is 1.57. The van der Waals surface area contributed by atoms with Gasteiger partial charge >= 0.3 is 0 Å². The van der Waals surface area contributed by atoms with E-state index in [9.17, 15) is 9.59 Å². The summed E-state index contributed by atoms with van der Waals surface area (Å²) in [4.78, 5) is 24.3. The Kier molecular flexibility index (Phi) is 5.98. The van der Waals surface area contributed by atoms with Crippen LogP contribution in [0, 0.1) is 0 Å². The number of hydrogen-bond donors (Lipinski definition) is 4. The predicted molar refractivity (Wildman–Crippen MR) is 88.0 cm³/mol. The van der Waals surface area contributed by atoms with E-state index in [1.165, 1.54) is 7.05 Å². The number of nitrogens with two attached hydrogens (primary N) is 1. The molecular weight excluding hydrogens is 288 g/mol. The largest absolute Gasteiger partial charge is 0.397 e. The van der Waals surface area contributed by atoms with E-state index >= 15 is 0 Å². The van der Waals surface area contributed by atoms with Gasteiger partial charge in [-0.25, -0.2) is 0 Å². The number of nitrogens with one attached hydrogen (secondary N) is 3. The average Bonchev–Trinajstić information content (AvgIpc) is 2.78. The molecule has 1 aromatic heterocycles.